The van der Waals surface area contributed by atoms with Gasteiger partial charge in [-0.3, -0.25) is 4.79 Å². The smallest absolute Gasteiger partial charge is 0.326 e. The van der Waals surface area contributed by atoms with E-state index in [0.717, 1.165) is 31.5 Å². The van der Waals surface area contributed by atoms with Crippen LogP contribution in [0.5, 0.6) is 0 Å². The van der Waals surface area contributed by atoms with Crippen LogP contribution in [0, 0.1) is 0 Å². The van der Waals surface area contributed by atoms with Gasteiger partial charge in [0.15, 0.2) is 0 Å². The molecule has 0 radical (unpaired) electrons. The van der Waals surface area contributed by atoms with Crippen molar-refractivity contribution in [1.29, 1.82) is 0 Å². The SMILES string of the molecule is O=C(CC1CCCN1)Nc1cccc(S(=O)(=O)C(F)F)c1. The van der Waals surface area contributed by atoms with Crippen molar-refractivity contribution in [2.24, 2.45) is 0 Å². The van der Waals surface area contributed by atoms with Crippen LogP contribution in [-0.2, 0) is 14.6 Å². The molecule has 21 heavy (non-hydrogen) atoms. The van der Waals surface area contributed by atoms with Gasteiger partial charge in [0, 0.05) is 18.2 Å². The van der Waals surface area contributed by atoms with Crippen molar-refractivity contribution in [3.05, 3.63) is 24.3 Å². The number of hydrogen-bond donors (Lipinski definition) is 2. The molecule has 1 atom stereocenters. The summed E-state index contributed by atoms with van der Waals surface area (Å²) in [7, 11) is -4.65. The van der Waals surface area contributed by atoms with E-state index in [1.54, 1.807) is 0 Å². The Hall–Kier alpha value is -1.54. The zero-order valence-electron chi connectivity index (χ0n) is 11.2. The van der Waals surface area contributed by atoms with Crippen LogP contribution in [0.2, 0.25) is 0 Å². The maximum atomic E-state index is 12.5. The Balaban J connectivity index is 2.05. The van der Waals surface area contributed by atoms with Crippen LogP contribution in [0.3, 0.4) is 0 Å². The van der Waals surface area contributed by atoms with Crippen LogP contribution in [0.25, 0.3) is 0 Å². The van der Waals surface area contributed by atoms with Gasteiger partial charge < -0.3 is 10.6 Å². The monoisotopic (exact) mass is 318 g/mol. The zero-order chi connectivity index (χ0) is 15.5. The molecular formula is C13H16F2N2O3S. The first-order valence-electron chi connectivity index (χ1n) is 6.55. The molecule has 0 aromatic heterocycles. The fourth-order valence-electron chi connectivity index (χ4n) is 2.22. The molecule has 2 rings (SSSR count). The van der Waals surface area contributed by atoms with E-state index in [1.165, 1.54) is 12.1 Å². The number of hydrogen-bond acceptors (Lipinski definition) is 4. The minimum Gasteiger partial charge on any atom is -0.326 e. The van der Waals surface area contributed by atoms with Crippen molar-refractivity contribution < 1.29 is 22.0 Å². The Kier molecular flexibility index (Phi) is 4.89. The number of sulfone groups is 1. The van der Waals surface area contributed by atoms with Gasteiger partial charge in [0.2, 0.25) is 15.7 Å². The highest BCUT2D eigenvalue weighted by molar-refractivity contribution is 7.91. The first-order chi connectivity index (χ1) is 9.89. The topological polar surface area (TPSA) is 75.3 Å². The number of alkyl halides is 2. The molecule has 1 heterocycles. The molecule has 5 nitrogen and oxygen atoms in total. The second kappa shape index (κ2) is 6.48. The van der Waals surface area contributed by atoms with E-state index in [9.17, 15) is 22.0 Å². The molecule has 0 spiro atoms. The largest absolute Gasteiger partial charge is 0.341 e. The van der Waals surface area contributed by atoms with Gasteiger partial charge in [-0.2, -0.15) is 8.78 Å². The summed E-state index contributed by atoms with van der Waals surface area (Å²) in [5.74, 6) is -3.76. The van der Waals surface area contributed by atoms with Crippen molar-refractivity contribution >= 4 is 21.4 Å². The minimum atomic E-state index is -4.65. The Morgan fingerprint density at radius 3 is 2.81 bits per heavy atom. The van der Waals surface area contributed by atoms with E-state index < -0.39 is 20.5 Å². The summed E-state index contributed by atoms with van der Waals surface area (Å²) >= 11 is 0. The summed E-state index contributed by atoms with van der Waals surface area (Å²) in [5, 5.41) is 5.70. The van der Waals surface area contributed by atoms with E-state index in [4.69, 9.17) is 0 Å². The number of nitrogens with one attached hydrogen (secondary N) is 2. The van der Waals surface area contributed by atoms with Crippen LogP contribution >= 0.6 is 0 Å². The summed E-state index contributed by atoms with van der Waals surface area (Å²) < 4.78 is 47.7. The fraction of sp³-hybridized carbons (Fsp3) is 0.462. The number of benzene rings is 1. The van der Waals surface area contributed by atoms with E-state index in [2.05, 4.69) is 10.6 Å². The minimum absolute atomic E-state index is 0.109. The second-order valence-corrected chi connectivity index (χ2v) is 6.80. The van der Waals surface area contributed by atoms with E-state index in [1.807, 2.05) is 0 Å². The molecule has 1 amide bonds. The lowest BCUT2D eigenvalue weighted by Gasteiger charge is -2.11. The average Bonchev–Trinajstić information content (AvgIpc) is 2.91. The second-order valence-electron chi connectivity index (χ2n) is 4.88. The van der Waals surface area contributed by atoms with Crippen LogP contribution in [0.4, 0.5) is 14.5 Å². The Morgan fingerprint density at radius 2 is 2.19 bits per heavy atom. The normalized spacial score (nSPS) is 18.9. The van der Waals surface area contributed by atoms with Gasteiger partial charge in [-0.1, -0.05) is 6.07 Å². The summed E-state index contributed by atoms with van der Waals surface area (Å²) in [5.41, 5.74) is 0.194. The first-order valence-corrected chi connectivity index (χ1v) is 8.09. The lowest BCUT2D eigenvalue weighted by atomic mass is 10.1. The lowest BCUT2D eigenvalue weighted by Crippen LogP contribution is -2.27. The molecular weight excluding hydrogens is 302 g/mol. The molecule has 1 aliphatic heterocycles. The summed E-state index contributed by atoms with van der Waals surface area (Å²) in [6, 6.07) is 5.01. The van der Waals surface area contributed by atoms with Gasteiger partial charge in [-0.15, -0.1) is 0 Å². The van der Waals surface area contributed by atoms with Crippen molar-refractivity contribution in [3.8, 4) is 0 Å². The quantitative estimate of drug-likeness (QED) is 0.867. The predicted molar refractivity (Wildman–Crippen MR) is 73.9 cm³/mol. The number of carbonyl (C=O) groups excluding carboxylic acids is 1. The zero-order valence-corrected chi connectivity index (χ0v) is 12.0. The van der Waals surface area contributed by atoms with E-state index in [0.29, 0.717) is 0 Å². The molecule has 1 aromatic carbocycles. The van der Waals surface area contributed by atoms with Crippen molar-refractivity contribution in [2.45, 2.75) is 36.0 Å². The number of amides is 1. The molecule has 1 saturated heterocycles. The van der Waals surface area contributed by atoms with E-state index in [-0.39, 0.29) is 24.1 Å². The highest BCUT2D eigenvalue weighted by atomic mass is 32.2. The standard InChI is InChI=1S/C13H16F2N2O3S/c14-13(15)21(19,20)11-5-1-3-10(7-11)17-12(18)8-9-4-2-6-16-9/h1,3,5,7,9,13,16H,2,4,6,8H2,(H,17,18). The first kappa shape index (κ1) is 15.8. The molecule has 1 fully saturated rings. The number of carbonyl (C=O) groups is 1. The van der Waals surface area contributed by atoms with Crippen LogP contribution in [0.15, 0.2) is 29.2 Å². The van der Waals surface area contributed by atoms with Crippen molar-refractivity contribution in [1.82, 2.24) is 5.32 Å². The highest BCUT2D eigenvalue weighted by Crippen LogP contribution is 2.21. The summed E-state index contributed by atoms with van der Waals surface area (Å²) in [4.78, 5) is 11.3. The van der Waals surface area contributed by atoms with Crippen LogP contribution < -0.4 is 10.6 Å². The number of anilines is 1. The maximum absolute atomic E-state index is 12.5. The molecule has 0 saturated carbocycles. The van der Waals surface area contributed by atoms with E-state index >= 15 is 0 Å². The third-order valence-corrected chi connectivity index (χ3v) is 4.66. The Bertz CT molecular complexity index is 614. The molecule has 0 bridgehead atoms. The van der Waals surface area contributed by atoms with Crippen LogP contribution in [-0.4, -0.2) is 32.7 Å². The Morgan fingerprint density at radius 1 is 1.43 bits per heavy atom. The number of halogens is 2. The fourth-order valence-corrected chi connectivity index (χ4v) is 2.99. The molecule has 116 valence electrons. The van der Waals surface area contributed by atoms with Crippen molar-refractivity contribution in [2.75, 3.05) is 11.9 Å². The third-order valence-electron chi connectivity index (χ3n) is 3.28. The van der Waals surface area contributed by atoms with Gasteiger partial charge in [0.1, 0.15) is 0 Å². The highest BCUT2D eigenvalue weighted by Gasteiger charge is 2.26. The van der Waals surface area contributed by atoms with Gasteiger partial charge in [0.05, 0.1) is 4.90 Å². The van der Waals surface area contributed by atoms with Gasteiger partial charge in [-0.05, 0) is 37.6 Å². The lowest BCUT2D eigenvalue weighted by molar-refractivity contribution is -0.116. The average molecular weight is 318 g/mol. The Labute approximate surface area is 121 Å². The number of rotatable bonds is 5. The summed E-state index contributed by atoms with van der Waals surface area (Å²) in [6.07, 6.45) is 2.19. The maximum Gasteiger partial charge on any atom is 0.341 e. The summed E-state index contributed by atoms with van der Waals surface area (Å²) in [6.45, 7) is 0.875. The molecule has 1 aromatic rings. The molecule has 1 unspecified atom stereocenters. The third kappa shape index (κ3) is 3.98. The molecule has 0 aliphatic carbocycles. The predicted octanol–water partition coefficient (Wildman–Crippen LogP) is 1.76. The molecule has 1 aliphatic rings. The molecule has 2 N–H and O–H groups in total. The van der Waals surface area contributed by atoms with Gasteiger partial charge in [0.25, 0.3) is 0 Å². The van der Waals surface area contributed by atoms with Crippen molar-refractivity contribution in [3.63, 3.8) is 0 Å². The van der Waals surface area contributed by atoms with Crippen LogP contribution in [0.1, 0.15) is 19.3 Å². The molecule has 8 heteroatoms. The van der Waals surface area contributed by atoms with Gasteiger partial charge >= 0.3 is 5.76 Å². The van der Waals surface area contributed by atoms with Gasteiger partial charge in [-0.25, -0.2) is 8.42 Å².